The summed E-state index contributed by atoms with van der Waals surface area (Å²) in [7, 11) is 0. The summed E-state index contributed by atoms with van der Waals surface area (Å²) in [6.07, 6.45) is 3.50. The average molecular weight is 334 g/mol. The average Bonchev–Trinajstić information content (AvgIpc) is 2.46. The molecule has 0 atom stereocenters. The van der Waals surface area contributed by atoms with Gasteiger partial charge in [0.05, 0.1) is 11.9 Å². The summed E-state index contributed by atoms with van der Waals surface area (Å²) in [4.78, 5) is 15.9. The first-order valence-electron chi connectivity index (χ1n) is 6.40. The monoisotopic (exact) mass is 333 g/mol. The van der Waals surface area contributed by atoms with Crippen LogP contribution in [0.5, 0.6) is 0 Å². The molecule has 1 aromatic carbocycles. The molecule has 2 rings (SSSR count). The number of pyridine rings is 1. The summed E-state index contributed by atoms with van der Waals surface area (Å²) in [5.41, 5.74) is 2.66. The molecule has 1 heterocycles. The molecule has 5 heteroatoms. The Hall–Kier alpha value is -1.88. The lowest BCUT2D eigenvalue weighted by molar-refractivity contribution is 0.0955. The van der Waals surface area contributed by atoms with Crippen LogP contribution in [0.2, 0.25) is 0 Å². The maximum Gasteiger partial charge on any atom is 0.251 e. The van der Waals surface area contributed by atoms with Crippen molar-refractivity contribution >= 4 is 27.5 Å². The van der Waals surface area contributed by atoms with Crippen molar-refractivity contribution in [3.63, 3.8) is 0 Å². The minimum absolute atomic E-state index is 0.0431. The minimum Gasteiger partial charge on any atom is -0.380 e. The van der Waals surface area contributed by atoms with E-state index in [4.69, 9.17) is 0 Å². The van der Waals surface area contributed by atoms with Crippen LogP contribution in [-0.4, -0.2) is 17.4 Å². The molecule has 104 valence electrons. The molecule has 0 aliphatic rings. The van der Waals surface area contributed by atoms with Crippen LogP contribution in [0.3, 0.4) is 0 Å². The van der Waals surface area contributed by atoms with Crippen molar-refractivity contribution in [1.29, 1.82) is 0 Å². The number of carbonyl (C=O) groups is 1. The van der Waals surface area contributed by atoms with Gasteiger partial charge in [-0.2, -0.15) is 0 Å². The van der Waals surface area contributed by atoms with Crippen molar-refractivity contribution < 1.29 is 4.79 Å². The van der Waals surface area contributed by atoms with Gasteiger partial charge in [0.25, 0.3) is 5.91 Å². The van der Waals surface area contributed by atoms with E-state index in [-0.39, 0.29) is 5.91 Å². The lowest BCUT2D eigenvalue weighted by Crippen LogP contribution is -2.22. The van der Waals surface area contributed by atoms with Crippen molar-refractivity contribution in [3.8, 4) is 0 Å². The minimum atomic E-state index is -0.0431. The van der Waals surface area contributed by atoms with E-state index < -0.39 is 0 Å². The zero-order valence-electron chi connectivity index (χ0n) is 11.2. The fraction of sp³-hybridized carbons (Fsp3) is 0.200. The van der Waals surface area contributed by atoms with Crippen molar-refractivity contribution in [2.45, 2.75) is 13.5 Å². The van der Waals surface area contributed by atoms with Gasteiger partial charge in [-0.25, -0.2) is 0 Å². The Kier molecular flexibility index (Phi) is 5.12. The van der Waals surface area contributed by atoms with Crippen LogP contribution in [0.15, 0.2) is 47.2 Å². The summed E-state index contributed by atoms with van der Waals surface area (Å²) in [5.74, 6) is -0.0431. The van der Waals surface area contributed by atoms with Crippen LogP contribution in [0.4, 0.5) is 5.69 Å². The third-order valence-electron chi connectivity index (χ3n) is 2.73. The predicted molar refractivity (Wildman–Crippen MR) is 83.7 cm³/mol. The molecule has 1 amide bonds. The SMILES string of the molecule is CCNC(=O)c1cccc(CNc2cncc(Br)c2)c1. The summed E-state index contributed by atoms with van der Waals surface area (Å²) in [5, 5.41) is 6.07. The second-order valence-electron chi connectivity index (χ2n) is 4.31. The van der Waals surface area contributed by atoms with Crippen LogP contribution in [0.1, 0.15) is 22.8 Å². The Labute approximate surface area is 126 Å². The van der Waals surface area contributed by atoms with E-state index in [1.54, 1.807) is 12.4 Å². The maximum atomic E-state index is 11.8. The smallest absolute Gasteiger partial charge is 0.251 e. The highest BCUT2D eigenvalue weighted by Crippen LogP contribution is 2.15. The molecule has 1 aromatic heterocycles. The van der Waals surface area contributed by atoms with Gasteiger partial charge in [-0.15, -0.1) is 0 Å². The van der Waals surface area contributed by atoms with Crippen molar-refractivity contribution in [1.82, 2.24) is 10.3 Å². The first kappa shape index (κ1) is 14.5. The fourth-order valence-corrected chi connectivity index (χ4v) is 2.16. The Morgan fingerprint density at radius 3 is 2.90 bits per heavy atom. The molecule has 0 aliphatic carbocycles. The second kappa shape index (κ2) is 7.05. The summed E-state index contributed by atoms with van der Waals surface area (Å²) in [6, 6.07) is 9.54. The molecule has 4 nitrogen and oxygen atoms in total. The van der Waals surface area contributed by atoms with E-state index in [2.05, 4.69) is 31.5 Å². The Bertz CT molecular complexity index is 601. The molecule has 0 fully saturated rings. The molecule has 0 saturated heterocycles. The number of nitrogens with zero attached hydrogens (tertiary/aromatic N) is 1. The Balaban J connectivity index is 2.03. The van der Waals surface area contributed by atoms with Crippen LogP contribution in [0, 0.1) is 0 Å². The molecule has 0 radical (unpaired) electrons. The molecule has 20 heavy (non-hydrogen) atoms. The number of benzene rings is 1. The first-order valence-corrected chi connectivity index (χ1v) is 7.20. The topological polar surface area (TPSA) is 54.0 Å². The molecule has 0 spiro atoms. The highest BCUT2D eigenvalue weighted by molar-refractivity contribution is 9.10. The van der Waals surface area contributed by atoms with Crippen LogP contribution in [0.25, 0.3) is 0 Å². The second-order valence-corrected chi connectivity index (χ2v) is 5.22. The van der Waals surface area contributed by atoms with E-state index in [0.29, 0.717) is 18.7 Å². The van der Waals surface area contributed by atoms with Gasteiger partial charge < -0.3 is 10.6 Å². The van der Waals surface area contributed by atoms with Gasteiger partial charge in [-0.05, 0) is 46.6 Å². The van der Waals surface area contributed by atoms with Crippen molar-refractivity contribution in [3.05, 3.63) is 58.3 Å². The quantitative estimate of drug-likeness (QED) is 0.883. The number of carbonyl (C=O) groups excluding carboxylic acids is 1. The van der Waals surface area contributed by atoms with E-state index in [0.717, 1.165) is 15.7 Å². The summed E-state index contributed by atoms with van der Waals surface area (Å²) >= 11 is 3.38. The van der Waals surface area contributed by atoms with E-state index in [9.17, 15) is 4.79 Å². The number of amides is 1. The first-order chi connectivity index (χ1) is 9.69. The highest BCUT2D eigenvalue weighted by atomic mass is 79.9. The van der Waals surface area contributed by atoms with Crippen LogP contribution >= 0.6 is 15.9 Å². The molecule has 0 bridgehead atoms. The fourth-order valence-electron chi connectivity index (χ4n) is 1.80. The third kappa shape index (κ3) is 4.06. The van der Waals surface area contributed by atoms with Crippen molar-refractivity contribution in [2.24, 2.45) is 0 Å². The van der Waals surface area contributed by atoms with Crippen LogP contribution < -0.4 is 10.6 Å². The highest BCUT2D eigenvalue weighted by Gasteiger charge is 2.04. The number of anilines is 1. The lowest BCUT2D eigenvalue weighted by Gasteiger charge is -2.08. The molecule has 2 N–H and O–H groups in total. The standard InChI is InChI=1S/C15H16BrN3O/c1-2-18-15(20)12-5-3-4-11(6-12)8-19-14-7-13(16)9-17-10-14/h3-7,9-10,19H,2,8H2,1H3,(H,18,20). The third-order valence-corrected chi connectivity index (χ3v) is 3.16. The largest absolute Gasteiger partial charge is 0.380 e. The predicted octanol–water partition coefficient (Wildman–Crippen LogP) is 3.21. The number of halogens is 1. The van der Waals surface area contributed by atoms with Gasteiger partial charge in [0.15, 0.2) is 0 Å². The Morgan fingerprint density at radius 1 is 1.30 bits per heavy atom. The molecular weight excluding hydrogens is 318 g/mol. The number of nitrogens with one attached hydrogen (secondary N) is 2. The zero-order chi connectivity index (χ0) is 14.4. The van der Waals surface area contributed by atoms with Crippen LogP contribution in [-0.2, 0) is 6.54 Å². The number of hydrogen-bond acceptors (Lipinski definition) is 3. The molecule has 0 unspecified atom stereocenters. The van der Waals surface area contributed by atoms with Gasteiger partial charge >= 0.3 is 0 Å². The molecule has 0 saturated carbocycles. The van der Waals surface area contributed by atoms with Gasteiger partial charge in [0.1, 0.15) is 0 Å². The van der Waals surface area contributed by atoms with E-state index in [1.165, 1.54) is 0 Å². The molecule has 2 aromatic rings. The maximum absolute atomic E-state index is 11.8. The number of rotatable bonds is 5. The van der Waals surface area contributed by atoms with Crippen molar-refractivity contribution in [2.75, 3.05) is 11.9 Å². The Morgan fingerprint density at radius 2 is 2.15 bits per heavy atom. The van der Waals surface area contributed by atoms with Gasteiger partial charge in [0.2, 0.25) is 0 Å². The molecular formula is C15H16BrN3O. The van der Waals surface area contributed by atoms with Gasteiger partial charge in [-0.1, -0.05) is 12.1 Å². The van der Waals surface area contributed by atoms with E-state index in [1.807, 2.05) is 37.3 Å². The van der Waals surface area contributed by atoms with Gasteiger partial charge in [0, 0.05) is 29.3 Å². The van der Waals surface area contributed by atoms with E-state index >= 15 is 0 Å². The summed E-state index contributed by atoms with van der Waals surface area (Å²) < 4.78 is 0.929. The lowest BCUT2D eigenvalue weighted by atomic mass is 10.1. The number of hydrogen-bond donors (Lipinski definition) is 2. The summed E-state index contributed by atoms with van der Waals surface area (Å²) in [6.45, 7) is 3.18. The number of aromatic nitrogens is 1. The normalized spacial score (nSPS) is 10.1. The van der Waals surface area contributed by atoms with Gasteiger partial charge in [-0.3, -0.25) is 9.78 Å². The molecule has 0 aliphatic heterocycles. The zero-order valence-corrected chi connectivity index (χ0v) is 12.8.